The molecule has 3 N–H and O–H groups in total. The van der Waals surface area contributed by atoms with Gasteiger partial charge in [-0.05, 0) is 54.3 Å². The van der Waals surface area contributed by atoms with Crippen LogP contribution in [0.3, 0.4) is 0 Å². The fourth-order valence-corrected chi connectivity index (χ4v) is 2.57. The van der Waals surface area contributed by atoms with Gasteiger partial charge in [-0.15, -0.1) is 0 Å². The molecule has 0 saturated heterocycles. The van der Waals surface area contributed by atoms with Crippen molar-refractivity contribution < 1.29 is 4.39 Å². The zero-order valence-corrected chi connectivity index (χ0v) is 9.99. The van der Waals surface area contributed by atoms with Gasteiger partial charge < -0.3 is 11.1 Å². The first-order valence-electron chi connectivity index (χ1n) is 6.13. The topological polar surface area (TPSA) is 38.0 Å². The van der Waals surface area contributed by atoms with E-state index in [4.69, 9.17) is 5.73 Å². The van der Waals surface area contributed by atoms with E-state index in [9.17, 15) is 4.39 Å². The fourth-order valence-electron chi connectivity index (χ4n) is 2.57. The Kier molecular flexibility index (Phi) is 2.67. The lowest BCUT2D eigenvalue weighted by atomic mass is 10.1. The molecule has 92 valence electrons. The molecule has 2 aromatic rings. The zero-order valence-electron chi connectivity index (χ0n) is 9.99. The molecule has 2 nitrogen and oxygen atoms in total. The van der Waals surface area contributed by atoms with Crippen LogP contribution in [0.15, 0.2) is 42.5 Å². The van der Waals surface area contributed by atoms with E-state index in [0.29, 0.717) is 0 Å². The van der Waals surface area contributed by atoms with E-state index in [1.165, 1.54) is 23.3 Å². The van der Waals surface area contributed by atoms with Gasteiger partial charge in [0.1, 0.15) is 5.82 Å². The van der Waals surface area contributed by atoms with Crippen LogP contribution in [0, 0.1) is 5.82 Å². The van der Waals surface area contributed by atoms with Crippen LogP contribution >= 0.6 is 0 Å². The number of nitrogen functional groups attached to an aromatic ring is 1. The lowest BCUT2D eigenvalue weighted by Crippen LogP contribution is -2.07. The van der Waals surface area contributed by atoms with Crippen molar-refractivity contribution in [1.29, 1.82) is 0 Å². The summed E-state index contributed by atoms with van der Waals surface area (Å²) in [4.78, 5) is 0. The Balaban J connectivity index is 1.85. The molecule has 0 fully saturated rings. The number of hydrogen-bond acceptors (Lipinski definition) is 2. The highest BCUT2D eigenvalue weighted by Gasteiger charge is 2.22. The summed E-state index contributed by atoms with van der Waals surface area (Å²) >= 11 is 0. The Morgan fingerprint density at radius 2 is 2.06 bits per heavy atom. The van der Waals surface area contributed by atoms with Crippen LogP contribution in [0.5, 0.6) is 0 Å². The largest absolute Gasteiger partial charge is 0.399 e. The quantitative estimate of drug-likeness (QED) is 0.791. The van der Waals surface area contributed by atoms with Gasteiger partial charge in [-0.1, -0.05) is 12.1 Å². The zero-order chi connectivity index (χ0) is 12.5. The Hall–Kier alpha value is -2.03. The highest BCUT2D eigenvalue weighted by atomic mass is 19.1. The number of fused-ring (bicyclic) bond motifs is 1. The maximum absolute atomic E-state index is 13.1. The Bertz CT molecular complexity index is 580. The molecule has 0 aromatic heterocycles. The van der Waals surface area contributed by atoms with Crippen molar-refractivity contribution in [2.75, 3.05) is 11.1 Å². The van der Waals surface area contributed by atoms with Crippen molar-refractivity contribution >= 4 is 11.4 Å². The van der Waals surface area contributed by atoms with Crippen LogP contribution < -0.4 is 11.1 Å². The third kappa shape index (κ3) is 2.04. The van der Waals surface area contributed by atoms with Gasteiger partial charge in [-0.2, -0.15) is 0 Å². The monoisotopic (exact) mass is 242 g/mol. The van der Waals surface area contributed by atoms with E-state index in [-0.39, 0.29) is 11.9 Å². The number of hydrogen-bond donors (Lipinski definition) is 2. The molecule has 3 heteroatoms. The number of rotatable bonds is 2. The second kappa shape index (κ2) is 4.33. The lowest BCUT2D eigenvalue weighted by Gasteiger charge is -2.15. The van der Waals surface area contributed by atoms with E-state index in [0.717, 1.165) is 24.2 Å². The van der Waals surface area contributed by atoms with E-state index in [1.54, 1.807) is 6.07 Å². The lowest BCUT2D eigenvalue weighted by molar-refractivity contribution is 0.627. The molecule has 1 aliphatic rings. The van der Waals surface area contributed by atoms with Crippen LogP contribution in [0.4, 0.5) is 15.8 Å². The summed E-state index contributed by atoms with van der Waals surface area (Å²) in [7, 11) is 0. The second-order valence-corrected chi connectivity index (χ2v) is 4.70. The molecule has 0 saturated carbocycles. The molecule has 1 aliphatic carbocycles. The molecule has 3 rings (SSSR count). The Morgan fingerprint density at radius 1 is 1.17 bits per heavy atom. The third-order valence-corrected chi connectivity index (χ3v) is 3.41. The first-order valence-corrected chi connectivity index (χ1v) is 6.13. The predicted molar refractivity (Wildman–Crippen MR) is 71.9 cm³/mol. The number of aryl methyl sites for hydroxylation is 1. The van der Waals surface area contributed by atoms with Crippen molar-refractivity contribution in [1.82, 2.24) is 0 Å². The minimum absolute atomic E-state index is 0.212. The molecular formula is C15H15FN2. The maximum atomic E-state index is 13.1. The van der Waals surface area contributed by atoms with Crippen molar-refractivity contribution in [3.63, 3.8) is 0 Å². The van der Waals surface area contributed by atoms with Crippen LogP contribution in [0.1, 0.15) is 23.6 Å². The number of benzene rings is 2. The van der Waals surface area contributed by atoms with Gasteiger partial charge in [0, 0.05) is 11.4 Å². The van der Waals surface area contributed by atoms with E-state index in [2.05, 4.69) is 11.4 Å². The van der Waals surface area contributed by atoms with Crippen molar-refractivity contribution in [2.24, 2.45) is 0 Å². The Labute approximate surface area is 106 Å². The summed E-state index contributed by atoms with van der Waals surface area (Å²) < 4.78 is 13.1. The minimum atomic E-state index is -0.212. The summed E-state index contributed by atoms with van der Waals surface area (Å²) in [6.45, 7) is 0. The van der Waals surface area contributed by atoms with Crippen LogP contribution in [-0.2, 0) is 6.42 Å². The minimum Gasteiger partial charge on any atom is -0.399 e. The number of nitrogens with one attached hydrogen (secondary N) is 1. The van der Waals surface area contributed by atoms with Crippen LogP contribution in [0.2, 0.25) is 0 Å². The molecule has 0 bridgehead atoms. The maximum Gasteiger partial charge on any atom is 0.125 e. The predicted octanol–water partition coefficient (Wildman–Crippen LogP) is 3.51. The molecular weight excluding hydrogens is 227 g/mol. The van der Waals surface area contributed by atoms with Gasteiger partial charge in [0.2, 0.25) is 0 Å². The summed E-state index contributed by atoms with van der Waals surface area (Å²) in [6.07, 6.45) is 2.04. The number of anilines is 2. The number of nitrogens with two attached hydrogens (primary N) is 1. The van der Waals surface area contributed by atoms with E-state index in [1.807, 2.05) is 18.2 Å². The van der Waals surface area contributed by atoms with E-state index >= 15 is 0 Å². The molecule has 1 unspecified atom stereocenters. The molecule has 0 amide bonds. The number of halogens is 1. The second-order valence-electron chi connectivity index (χ2n) is 4.70. The molecule has 0 heterocycles. The van der Waals surface area contributed by atoms with Crippen LogP contribution in [0.25, 0.3) is 0 Å². The fraction of sp³-hybridized carbons (Fsp3) is 0.200. The smallest absolute Gasteiger partial charge is 0.125 e. The van der Waals surface area contributed by atoms with Crippen LogP contribution in [-0.4, -0.2) is 0 Å². The molecule has 2 aromatic carbocycles. The first kappa shape index (κ1) is 11.1. The molecule has 0 aliphatic heterocycles. The van der Waals surface area contributed by atoms with Gasteiger partial charge in [-0.3, -0.25) is 0 Å². The molecule has 18 heavy (non-hydrogen) atoms. The first-order chi connectivity index (χ1) is 8.72. The highest BCUT2D eigenvalue weighted by molar-refractivity contribution is 5.52. The van der Waals surface area contributed by atoms with Gasteiger partial charge in [-0.25, -0.2) is 4.39 Å². The van der Waals surface area contributed by atoms with Gasteiger partial charge in [0.25, 0.3) is 0 Å². The Morgan fingerprint density at radius 3 is 2.89 bits per heavy atom. The molecule has 0 radical (unpaired) electrons. The molecule has 1 atom stereocenters. The average Bonchev–Trinajstić information content (AvgIpc) is 2.72. The van der Waals surface area contributed by atoms with Gasteiger partial charge in [0.15, 0.2) is 0 Å². The molecule has 0 spiro atoms. The van der Waals surface area contributed by atoms with Gasteiger partial charge in [0.05, 0.1) is 6.04 Å². The van der Waals surface area contributed by atoms with Crippen molar-refractivity contribution in [3.05, 3.63) is 59.4 Å². The third-order valence-electron chi connectivity index (χ3n) is 3.41. The SMILES string of the molecule is Nc1ccc2c(c1)CCC2Nc1cccc(F)c1. The van der Waals surface area contributed by atoms with Crippen molar-refractivity contribution in [3.8, 4) is 0 Å². The summed E-state index contributed by atoms with van der Waals surface area (Å²) in [5, 5.41) is 3.38. The summed E-state index contributed by atoms with van der Waals surface area (Å²) in [6, 6.07) is 12.8. The van der Waals surface area contributed by atoms with Crippen molar-refractivity contribution in [2.45, 2.75) is 18.9 Å². The highest BCUT2D eigenvalue weighted by Crippen LogP contribution is 2.34. The summed E-state index contributed by atoms with van der Waals surface area (Å²) in [5.41, 5.74) is 9.98. The standard InChI is InChI=1S/C15H15FN2/c16-11-2-1-3-13(9-11)18-15-7-4-10-8-12(17)5-6-14(10)15/h1-3,5-6,8-9,15,18H,4,7,17H2. The normalized spacial score (nSPS) is 17.5. The average molecular weight is 242 g/mol. The van der Waals surface area contributed by atoms with Gasteiger partial charge >= 0.3 is 0 Å². The van der Waals surface area contributed by atoms with E-state index < -0.39 is 0 Å². The summed E-state index contributed by atoms with van der Waals surface area (Å²) in [5.74, 6) is -0.212.